The van der Waals surface area contributed by atoms with Crippen LogP contribution in [-0.2, 0) is 5.41 Å². The summed E-state index contributed by atoms with van der Waals surface area (Å²) in [5, 5.41) is 14.4. The van der Waals surface area contributed by atoms with E-state index >= 15 is 0 Å². The molecule has 4 rings (SSSR count). The van der Waals surface area contributed by atoms with Crippen LogP contribution in [-0.4, -0.2) is 27.8 Å². The first-order valence-electron chi connectivity index (χ1n) is 8.86. The molecule has 134 valence electrons. The van der Waals surface area contributed by atoms with Crippen molar-refractivity contribution in [3.8, 4) is 0 Å². The Balaban J connectivity index is 1.64. The van der Waals surface area contributed by atoms with Crippen molar-refractivity contribution < 1.29 is 0 Å². The van der Waals surface area contributed by atoms with Crippen LogP contribution in [0.3, 0.4) is 0 Å². The van der Waals surface area contributed by atoms with E-state index in [0.717, 1.165) is 41.6 Å². The third kappa shape index (κ3) is 3.41. The Morgan fingerprint density at radius 3 is 2.88 bits per heavy atom. The summed E-state index contributed by atoms with van der Waals surface area (Å²) in [6.07, 6.45) is 5.87. The van der Waals surface area contributed by atoms with Gasteiger partial charge < -0.3 is 10.6 Å². The summed E-state index contributed by atoms with van der Waals surface area (Å²) in [4.78, 5) is 4.76. The second-order valence-corrected chi connectivity index (χ2v) is 7.59. The van der Waals surface area contributed by atoms with Crippen LogP contribution in [0.4, 0.5) is 11.5 Å². The fourth-order valence-electron chi connectivity index (χ4n) is 2.99. The van der Waals surface area contributed by atoms with Crippen LogP contribution in [0.15, 0.2) is 48.4 Å². The van der Waals surface area contributed by atoms with E-state index in [4.69, 9.17) is 4.98 Å². The molecule has 1 aliphatic heterocycles. The van der Waals surface area contributed by atoms with Gasteiger partial charge in [0.15, 0.2) is 5.65 Å². The zero-order valence-corrected chi connectivity index (χ0v) is 15.4. The van der Waals surface area contributed by atoms with Crippen molar-refractivity contribution in [2.45, 2.75) is 26.2 Å². The third-order valence-electron chi connectivity index (χ3n) is 4.48. The van der Waals surface area contributed by atoms with E-state index in [-0.39, 0.29) is 5.41 Å². The molecule has 26 heavy (non-hydrogen) atoms. The predicted octanol–water partition coefficient (Wildman–Crippen LogP) is 3.26. The van der Waals surface area contributed by atoms with E-state index in [1.807, 2.05) is 18.5 Å². The van der Waals surface area contributed by atoms with Crippen molar-refractivity contribution in [3.05, 3.63) is 59.5 Å². The van der Waals surface area contributed by atoms with Gasteiger partial charge in [-0.05, 0) is 35.3 Å². The van der Waals surface area contributed by atoms with Gasteiger partial charge in [0, 0.05) is 29.7 Å². The van der Waals surface area contributed by atoms with Crippen LogP contribution < -0.4 is 16.0 Å². The number of benzene rings is 1. The van der Waals surface area contributed by atoms with E-state index in [0.29, 0.717) is 0 Å². The average Bonchev–Trinajstić information content (AvgIpc) is 3.25. The molecule has 0 bridgehead atoms. The van der Waals surface area contributed by atoms with Gasteiger partial charge in [0.1, 0.15) is 5.82 Å². The molecule has 1 aliphatic rings. The number of anilines is 2. The minimum Gasteiger partial charge on any atom is -0.375 e. The standard InChI is InChI=1S/C20H24N6/c1-20(2,3)15-5-4-6-16(10-15)24-18-7-8-26-19(25-18)14(11-23-26)9-17-12-21-13-22-17/h4-11,21-22H,12-13H2,1-3H3,(H,24,25). The van der Waals surface area contributed by atoms with Crippen molar-refractivity contribution >= 4 is 23.2 Å². The molecule has 3 N–H and O–H groups in total. The van der Waals surface area contributed by atoms with Gasteiger partial charge in [-0.1, -0.05) is 32.9 Å². The van der Waals surface area contributed by atoms with Crippen LogP contribution in [0.1, 0.15) is 31.9 Å². The second kappa shape index (κ2) is 6.46. The Morgan fingerprint density at radius 2 is 2.12 bits per heavy atom. The molecule has 0 amide bonds. The first kappa shape index (κ1) is 16.6. The van der Waals surface area contributed by atoms with Gasteiger partial charge in [-0.15, -0.1) is 0 Å². The van der Waals surface area contributed by atoms with E-state index in [1.54, 1.807) is 4.52 Å². The zero-order chi connectivity index (χ0) is 18.1. The fourth-order valence-corrected chi connectivity index (χ4v) is 2.99. The average molecular weight is 348 g/mol. The van der Waals surface area contributed by atoms with Gasteiger partial charge in [0.25, 0.3) is 0 Å². The molecule has 1 aromatic carbocycles. The first-order chi connectivity index (χ1) is 12.5. The van der Waals surface area contributed by atoms with Gasteiger partial charge >= 0.3 is 0 Å². The molecule has 3 heterocycles. The van der Waals surface area contributed by atoms with Crippen LogP contribution in [0.2, 0.25) is 0 Å². The summed E-state index contributed by atoms with van der Waals surface area (Å²) in [7, 11) is 0. The fraction of sp³-hybridized carbons (Fsp3) is 0.300. The highest BCUT2D eigenvalue weighted by Gasteiger charge is 2.14. The van der Waals surface area contributed by atoms with Crippen LogP contribution in [0, 0.1) is 0 Å². The summed E-state index contributed by atoms with van der Waals surface area (Å²) in [5.41, 5.74) is 5.43. The van der Waals surface area contributed by atoms with Crippen molar-refractivity contribution in [1.29, 1.82) is 0 Å². The highest BCUT2D eigenvalue weighted by molar-refractivity contribution is 5.69. The maximum atomic E-state index is 4.76. The number of fused-ring (bicyclic) bond motifs is 1. The van der Waals surface area contributed by atoms with Gasteiger partial charge in [0.2, 0.25) is 0 Å². The predicted molar refractivity (Wildman–Crippen MR) is 105 cm³/mol. The highest BCUT2D eigenvalue weighted by atomic mass is 15.2. The minimum absolute atomic E-state index is 0.113. The molecule has 6 nitrogen and oxygen atoms in total. The Labute approximate surface area is 153 Å². The third-order valence-corrected chi connectivity index (χ3v) is 4.48. The topological polar surface area (TPSA) is 66.3 Å². The molecule has 0 spiro atoms. The highest BCUT2D eigenvalue weighted by Crippen LogP contribution is 2.26. The van der Waals surface area contributed by atoms with Crippen molar-refractivity contribution in [1.82, 2.24) is 25.2 Å². The molecule has 6 heteroatoms. The van der Waals surface area contributed by atoms with Gasteiger partial charge in [-0.3, -0.25) is 5.32 Å². The Morgan fingerprint density at radius 1 is 1.23 bits per heavy atom. The maximum Gasteiger partial charge on any atom is 0.164 e. The summed E-state index contributed by atoms with van der Waals surface area (Å²) in [6.45, 7) is 8.29. The first-order valence-corrected chi connectivity index (χ1v) is 8.86. The van der Waals surface area contributed by atoms with Gasteiger partial charge in [-0.2, -0.15) is 5.10 Å². The SMILES string of the molecule is CC(C)(C)c1cccc(Nc2ccn3ncc(C=C4CNCN4)c3n2)c1. The Kier molecular flexibility index (Phi) is 4.12. The molecular formula is C20H24N6. The normalized spacial score (nSPS) is 16.2. The van der Waals surface area contributed by atoms with E-state index in [1.165, 1.54) is 5.56 Å². The quantitative estimate of drug-likeness (QED) is 0.678. The molecule has 0 atom stereocenters. The molecule has 3 aromatic rings. The largest absolute Gasteiger partial charge is 0.375 e. The van der Waals surface area contributed by atoms with E-state index in [9.17, 15) is 0 Å². The lowest BCUT2D eigenvalue weighted by Crippen LogP contribution is -2.11. The van der Waals surface area contributed by atoms with Crippen molar-refractivity contribution in [3.63, 3.8) is 0 Å². The number of nitrogens with one attached hydrogen (secondary N) is 3. The van der Waals surface area contributed by atoms with Crippen LogP contribution in [0.25, 0.3) is 11.7 Å². The number of hydrogen-bond donors (Lipinski definition) is 3. The van der Waals surface area contributed by atoms with Crippen LogP contribution >= 0.6 is 0 Å². The Hall–Kier alpha value is -2.86. The van der Waals surface area contributed by atoms with Crippen LogP contribution in [0.5, 0.6) is 0 Å². The van der Waals surface area contributed by atoms with Crippen molar-refractivity contribution in [2.75, 3.05) is 18.5 Å². The van der Waals surface area contributed by atoms with Gasteiger partial charge in [0.05, 0.1) is 12.9 Å². The molecule has 1 saturated heterocycles. The van der Waals surface area contributed by atoms with E-state index in [2.05, 4.69) is 72.2 Å². The summed E-state index contributed by atoms with van der Waals surface area (Å²) < 4.78 is 1.80. The smallest absolute Gasteiger partial charge is 0.164 e. The summed E-state index contributed by atoms with van der Waals surface area (Å²) >= 11 is 0. The molecular weight excluding hydrogens is 324 g/mol. The zero-order valence-electron chi connectivity index (χ0n) is 15.4. The molecule has 0 saturated carbocycles. The van der Waals surface area contributed by atoms with Crippen molar-refractivity contribution in [2.24, 2.45) is 0 Å². The lowest BCUT2D eigenvalue weighted by Gasteiger charge is -2.20. The Bertz CT molecular complexity index is 956. The van der Waals surface area contributed by atoms with Gasteiger partial charge in [-0.25, -0.2) is 9.50 Å². The lowest BCUT2D eigenvalue weighted by atomic mass is 9.87. The number of nitrogens with zero attached hydrogens (tertiary/aromatic N) is 3. The summed E-state index contributed by atoms with van der Waals surface area (Å²) in [6, 6.07) is 10.4. The second-order valence-electron chi connectivity index (χ2n) is 7.59. The van der Waals surface area contributed by atoms with E-state index < -0.39 is 0 Å². The minimum atomic E-state index is 0.113. The number of aromatic nitrogens is 3. The number of rotatable bonds is 3. The molecule has 1 fully saturated rings. The summed E-state index contributed by atoms with van der Waals surface area (Å²) in [5.74, 6) is 0.807. The molecule has 0 radical (unpaired) electrons. The maximum absolute atomic E-state index is 4.76. The number of hydrogen-bond acceptors (Lipinski definition) is 5. The molecule has 0 aliphatic carbocycles. The monoisotopic (exact) mass is 348 g/mol. The molecule has 2 aromatic heterocycles. The molecule has 0 unspecified atom stereocenters. The lowest BCUT2D eigenvalue weighted by molar-refractivity contribution is 0.590.